The molecule has 0 spiro atoms. The van der Waals surface area contributed by atoms with E-state index in [1.54, 1.807) is 6.07 Å². The number of fused-ring (bicyclic) bond motifs is 3. The van der Waals surface area contributed by atoms with Crippen molar-refractivity contribution in [1.82, 2.24) is 4.57 Å². The molecule has 246 valence electrons. The van der Waals surface area contributed by atoms with Gasteiger partial charge in [-0.15, -0.1) is 0 Å². The van der Waals surface area contributed by atoms with Gasteiger partial charge in [-0.05, 0) is 89.6 Å². The molecular weight excluding hydrogens is 635 g/mol. The van der Waals surface area contributed by atoms with Crippen LogP contribution >= 0.6 is 0 Å². The lowest BCUT2D eigenvalue weighted by Crippen LogP contribution is -2.08. The van der Waals surface area contributed by atoms with Crippen molar-refractivity contribution in [3.63, 3.8) is 0 Å². The molecule has 0 saturated heterocycles. The maximum atomic E-state index is 10.7. The zero-order valence-electron chi connectivity index (χ0n) is 28.9. The first-order valence-corrected chi connectivity index (χ1v) is 17.3. The molecule has 0 aliphatic heterocycles. The van der Waals surface area contributed by atoms with Gasteiger partial charge in [-0.3, -0.25) is 0 Å². The second-order valence-electron chi connectivity index (χ2n) is 13.2. The highest BCUT2D eigenvalue weighted by Crippen LogP contribution is 2.42. The van der Waals surface area contributed by atoms with Crippen molar-refractivity contribution >= 4 is 44.3 Å². The average molecular weight is 668 g/mol. The van der Waals surface area contributed by atoms with Gasteiger partial charge in [-0.1, -0.05) is 104 Å². The third-order valence-corrected chi connectivity index (χ3v) is 10.1. The summed E-state index contributed by atoms with van der Waals surface area (Å²) < 4.78 is 2.22. The van der Waals surface area contributed by atoms with E-state index in [1.807, 2.05) is 72.8 Å². The Bertz CT molecular complexity index is 2760. The Labute approximate surface area is 303 Å². The SMILES string of the molecule is Cc1ccccc1-c1cc(C#N)ccc1Nc1cccc(C2=CC(c3ccccc3-n3c4ccccc4c4cccc(C#N)c43)=CCC2C)c1C#N. The quantitative estimate of drug-likeness (QED) is 0.191. The zero-order valence-corrected chi connectivity index (χ0v) is 28.9. The van der Waals surface area contributed by atoms with Gasteiger partial charge < -0.3 is 9.88 Å². The van der Waals surface area contributed by atoms with E-state index in [1.165, 1.54) is 0 Å². The van der Waals surface area contributed by atoms with Crippen LogP contribution in [0.3, 0.4) is 0 Å². The predicted molar refractivity (Wildman–Crippen MR) is 211 cm³/mol. The van der Waals surface area contributed by atoms with Crippen molar-refractivity contribution in [2.75, 3.05) is 5.32 Å². The smallest absolute Gasteiger partial charge is 0.102 e. The molecule has 5 heteroatoms. The minimum absolute atomic E-state index is 0.175. The molecule has 1 atom stereocenters. The fraction of sp³-hybridized carbons (Fsp3) is 0.0851. The van der Waals surface area contributed by atoms with Crippen molar-refractivity contribution in [1.29, 1.82) is 15.8 Å². The van der Waals surface area contributed by atoms with Crippen LogP contribution in [0.15, 0.2) is 140 Å². The molecule has 5 nitrogen and oxygen atoms in total. The van der Waals surface area contributed by atoms with E-state index in [9.17, 15) is 15.8 Å². The van der Waals surface area contributed by atoms with Gasteiger partial charge in [-0.2, -0.15) is 15.8 Å². The fourth-order valence-electron chi connectivity index (χ4n) is 7.59. The first-order chi connectivity index (χ1) is 25.5. The Morgan fingerprint density at radius 1 is 0.654 bits per heavy atom. The molecule has 0 bridgehead atoms. The molecular formula is C47H33N5. The van der Waals surface area contributed by atoms with Crippen molar-refractivity contribution in [2.45, 2.75) is 20.3 Å². The van der Waals surface area contributed by atoms with E-state index in [-0.39, 0.29) is 5.92 Å². The van der Waals surface area contributed by atoms with Crippen LogP contribution in [0.25, 0.3) is 49.8 Å². The van der Waals surface area contributed by atoms with Gasteiger partial charge in [0.05, 0.1) is 45.2 Å². The van der Waals surface area contributed by atoms with E-state index in [4.69, 9.17) is 0 Å². The van der Waals surface area contributed by atoms with Gasteiger partial charge in [0.2, 0.25) is 0 Å². The summed E-state index contributed by atoms with van der Waals surface area (Å²) in [6, 6.07) is 49.5. The van der Waals surface area contributed by atoms with Crippen molar-refractivity contribution in [3.05, 3.63) is 173 Å². The van der Waals surface area contributed by atoms with E-state index < -0.39 is 0 Å². The summed E-state index contributed by atoms with van der Waals surface area (Å²) in [6.07, 6.45) is 5.32. The number of allylic oxidation sites excluding steroid dienone is 4. The lowest BCUT2D eigenvalue weighted by Gasteiger charge is -2.24. The Balaban J connectivity index is 1.25. The molecule has 7 aromatic rings. The maximum absolute atomic E-state index is 10.7. The molecule has 0 amide bonds. The van der Waals surface area contributed by atoms with Crippen LogP contribution in [0.2, 0.25) is 0 Å². The molecule has 1 heterocycles. The lowest BCUT2D eigenvalue weighted by atomic mass is 9.82. The van der Waals surface area contributed by atoms with Gasteiger partial charge in [0.25, 0.3) is 0 Å². The van der Waals surface area contributed by atoms with Crippen LogP contribution in [-0.4, -0.2) is 4.57 Å². The van der Waals surface area contributed by atoms with E-state index in [0.29, 0.717) is 22.4 Å². The number of anilines is 2. The lowest BCUT2D eigenvalue weighted by molar-refractivity contribution is 0.760. The second kappa shape index (κ2) is 13.3. The number of rotatable bonds is 6. The fourth-order valence-corrected chi connectivity index (χ4v) is 7.59. The standard InChI is InChI=1S/C47H33N5/c1-30-11-3-4-13-35(30)41-25-32(27-48)22-24-44(41)51-43-18-10-16-37(42(43)29-50)40-26-33(23-21-31(40)2)36-14-5-7-19-45(36)52-46-20-8-6-15-38(46)39-17-9-12-34(28-49)47(39)52/h3-20,22-26,31,51H,21H2,1-2H3. The van der Waals surface area contributed by atoms with E-state index in [0.717, 1.165) is 78.6 Å². The summed E-state index contributed by atoms with van der Waals surface area (Å²) in [5.41, 5.74) is 13.4. The summed E-state index contributed by atoms with van der Waals surface area (Å²) >= 11 is 0. The molecule has 1 N–H and O–H groups in total. The van der Waals surface area contributed by atoms with Gasteiger partial charge in [0.15, 0.2) is 0 Å². The average Bonchev–Trinajstić information content (AvgIpc) is 3.53. The largest absolute Gasteiger partial charge is 0.354 e. The summed E-state index contributed by atoms with van der Waals surface area (Å²) in [5, 5.41) is 36.3. The molecule has 0 fully saturated rings. The first kappa shape index (κ1) is 32.1. The van der Waals surface area contributed by atoms with Crippen molar-refractivity contribution < 1.29 is 0 Å². The summed E-state index contributed by atoms with van der Waals surface area (Å²) in [6.45, 7) is 4.26. The highest BCUT2D eigenvalue weighted by Gasteiger charge is 2.24. The molecule has 1 aromatic heterocycles. The molecule has 1 unspecified atom stereocenters. The monoisotopic (exact) mass is 667 g/mol. The third-order valence-electron chi connectivity index (χ3n) is 10.1. The Hall–Kier alpha value is -7.13. The van der Waals surface area contributed by atoms with Crippen LogP contribution in [0.4, 0.5) is 11.4 Å². The highest BCUT2D eigenvalue weighted by atomic mass is 15.0. The maximum Gasteiger partial charge on any atom is 0.102 e. The number of hydrogen-bond acceptors (Lipinski definition) is 4. The normalized spacial score (nSPS) is 13.9. The number of benzene rings is 6. The Kier molecular flexibility index (Phi) is 8.21. The van der Waals surface area contributed by atoms with Gasteiger partial charge in [0, 0.05) is 27.6 Å². The van der Waals surface area contributed by atoms with Gasteiger partial charge >= 0.3 is 0 Å². The summed E-state index contributed by atoms with van der Waals surface area (Å²) in [7, 11) is 0. The third kappa shape index (κ3) is 5.41. The minimum Gasteiger partial charge on any atom is -0.354 e. The Morgan fingerprint density at radius 2 is 1.38 bits per heavy atom. The molecule has 8 rings (SSSR count). The summed E-state index contributed by atoms with van der Waals surface area (Å²) in [5.74, 6) is 0.175. The number of aromatic nitrogens is 1. The first-order valence-electron chi connectivity index (χ1n) is 17.3. The van der Waals surface area contributed by atoms with Crippen LogP contribution in [0.1, 0.15) is 46.7 Å². The van der Waals surface area contributed by atoms with Crippen LogP contribution in [0.5, 0.6) is 0 Å². The molecule has 6 aromatic carbocycles. The van der Waals surface area contributed by atoms with E-state index in [2.05, 4.69) is 103 Å². The molecule has 0 radical (unpaired) electrons. The van der Waals surface area contributed by atoms with E-state index >= 15 is 0 Å². The molecule has 0 saturated carbocycles. The predicted octanol–water partition coefficient (Wildman–Crippen LogP) is 11.6. The van der Waals surface area contributed by atoms with Crippen LogP contribution < -0.4 is 5.32 Å². The minimum atomic E-state index is 0.175. The van der Waals surface area contributed by atoms with Crippen molar-refractivity contribution in [3.8, 4) is 35.0 Å². The molecule has 1 aliphatic carbocycles. The number of hydrogen-bond donors (Lipinski definition) is 1. The van der Waals surface area contributed by atoms with Crippen molar-refractivity contribution in [2.24, 2.45) is 5.92 Å². The Morgan fingerprint density at radius 3 is 2.19 bits per heavy atom. The number of nitrogens with one attached hydrogen (secondary N) is 1. The molecule has 52 heavy (non-hydrogen) atoms. The molecule has 1 aliphatic rings. The van der Waals surface area contributed by atoms with Gasteiger partial charge in [0.1, 0.15) is 12.1 Å². The second-order valence-corrected chi connectivity index (χ2v) is 13.2. The number of para-hydroxylation sites is 3. The van der Waals surface area contributed by atoms with Crippen LogP contribution in [-0.2, 0) is 0 Å². The zero-order chi connectivity index (χ0) is 35.8. The summed E-state index contributed by atoms with van der Waals surface area (Å²) in [4.78, 5) is 0. The number of nitrogens with zero attached hydrogens (tertiary/aromatic N) is 4. The number of nitriles is 3. The highest BCUT2D eigenvalue weighted by molar-refractivity contribution is 6.11. The van der Waals surface area contributed by atoms with Crippen LogP contribution in [0, 0.1) is 46.8 Å². The van der Waals surface area contributed by atoms with Gasteiger partial charge in [-0.25, -0.2) is 0 Å². The number of aryl methyl sites for hydroxylation is 1. The topological polar surface area (TPSA) is 88.3 Å².